The first-order valence-corrected chi connectivity index (χ1v) is 4.87. The van der Waals surface area contributed by atoms with Gasteiger partial charge in [-0.1, -0.05) is 18.2 Å². The maximum absolute atomic E-state index is 3.42. The molecule has 0 unspecified atom stereocenters. The predicted octanol–water partition coefficient (Wildman–Crippen LogP) is -1.39. The van der Waals surface area contributed by atoms with E-state index in [0.717, 1.165) is 13.1 Å². The summed E-state index contributed by atoms with van der Waals surface area (Å²) in [6.45, 7) is 1.92. The van der Waals surface area contributed by atoms with Crippen molar-refractivity contribution >= 4 is 0 Å². The summed E-state index contributed by atoms with van der Waals surface area (Å²) in [6, 6.07) is 9.78. The fourth-order valence-electron chi connectivity index (χ4n) is 1.44. The molecule has 1 radical (unpaired) electrons. The molecule has 1 rings (SSSR count). The molecule has 0 saturated carbocycles. The smallest absolute Gasteiger partial charge is 0.0233 e. The van der Waals surface area contributed by atoms with Gasteiger partial charge in [0.15, 0.2) is 0 Å². The second-order valence-corrected chi connectivity index (χ2v) is 4.18. The minimum atomic E-state index is 0. The van der Waals surface area contributed by atoms with Crippen molar-refractivity contribution in [3.63, 3.8) is 0 Å². The van der Waals surface area contributed by atoms with Gasteiger partial charge >= 0.3 is 0 Å². The second kappa shape index (κ2) is 9.18. The van der Waals surface area contributed by atoms with E-state index in [1.165, 1.54) is 11.1 Å². The Morgan fingerprint density at radius 2 is 1.31 bits per heavy atom. The first kappa shape index (κ1) is 18.5. The average molecular weight is 422 g/mol. The topological polar surface area (TPSA) is 6.48 Å². The Kier molecular flexibility index (Phi) is 10.6. The normalized spacial score (nSPS) is 9.88. The number of hydrogen-bond donors (Lipinski definition) is 0. The van der Waals surface area contributed by atoms with Crippen LogP contribution in [0.25, 0.3) is 0 Å². The Labute approximate surface area is 120 Å². The van der Waals surface area contributed by atoms with Crippen molar-refractivity contribution in [1.82, 2.24) is 9.80 Å². The van der Waals surface area contributed by atoms with Crippen LogP contribution in [0, 0.1) is 6.07 Å². The van der Waals surface area contributed by atoms with Gasteiger partial charge in [-0.2, -0.15) is 0 Å². The molecular formula is C12H19ClN2Pt-. The van der Waals surface area contributed by atoms with E-state index in [1.54, 1.807) is 0 Å². The summed E-state index contributed by atoms with van der Waals surface area (Å²) in [4.78, 5) is 4.32. The van der Waals surface area contributed by atoms with Gasteiger partial charge in [0.2, 0.25) is 0 Å². The van der Waals surface area contributed by atoms with Crippen molar-refractivity contribution in [3.05, 3.63) is 35.4 Å². The molecule has 0 N–H and O–H groups in total. The molecule has 0 aromatic heterocycles. The summed E-state index contributed by atoms with van der Waals surface area (Å²) >= 11 is 0. The van der Waals surface area contributed by atoms with Gasteiger partial charge in [0.25, 0.3) is 0 Å². The number of benzene rings is 1. The minimum absolute atomic E-state index is 0. The minimum Gasteiger partial charge on any atom is -1.00 e. The van der Waals surface area contributed by atoms with Gasteiger partial charge in [-0.05, 0) is 45.4 Å². The Balaban J connectivity index is 0. The van der Waals surface area contributed by atoms with Gasteiger partial charge in [0, 0.05) is 34.2 Å². The van der Waals surface area contributed by atoms with Crippen LogP contribution >= 0.6 is 0 Å². The third-order valence-corrected chi connectivity index (χ3v) is 1.89. The molecule has 0 atom stereocenters. The molecule has 1 aromatic rings. The van der Waals surface area contributed by atoms with Crippen molar-refractivity contribution < 1.29 is 33.5 Å². The van der Waals surface area contributed by atoms with Crippen LogP contribution in [0.4, 0.5) is 0 Å². The third kappa shape index (κ3) is 7.40. The standard InChI is InChI=1S/C12H19N2.ClH.Pt/c1-13(2)9-11-6-5-7-12(8-11)10-14(3)4;;/h5-7H,9-10H2,1-4H3;1H;/p-1. The van der Waals surface area contributed by atoms with Gasteiger partial charge in [0.1, 0.15) is 0 Å². The van der Waals surface area contributed by atoms with Crippen LogP contribution in [0.1, 0.15) is 11.1 Å². The number of halogens is 1. The van der Waals surface area contributed by atoms with Crippen LogP contribution in [0.2, 0.25) is 0 Å². The SMILES string of the molecule is CN(C)Cc1[c]c(CN(C)C)ccc1.[Cl-].[Pt]. The summed E-state index contributed by atoms with van der Waals surface area (Å²) in [5.74, 6) is 0. The van der Waals surface area contributed by atoms with Crippen LogP contribution in [0.15, 0.2) is 18.2 Å². The monoisotopic (exact) mass is 421 g/mol. The zero-order chi connectivity index (χ0) is 10.6. The van der Waals surface area contributed by atoms with Gasteiger partial charge in [-0.25, -0.2) is 0 Å². The van der Waals surface area contributed by atoms with E-state index in [-0.39, 0.29) is 33.5 Å². The Hall–Kier alpha value is 0.118. The largest absolute Gasteiger partial charge is 1.00 e. The van der Waals surface area contributed by atoms with Crippen LogP contribution < -0.4 is 12.4 Å². The quantitative estimate of drug-likeness (QED) is 0.591. The maximum Gasteiger partial charge on any atom is 0.0233 e. The first-order valence-electron chi connectivity index (χ1n) is 4.87. The van der Waals surface area contributed by atoms with Crippen molar-refractivity contribution in [2.45, 2.75) is 13.1 Å². The summed E-state index contributed by atoms with van der Waals surface area (Å²) in [7, 11) is 8.30. The van der Waals surface area contributed by atoms with Crippen LogP contribution in [-0.2, 0) is 34.2 Å². The molecule has 0 fully saturated rings. The van der Waals surface area contributed by atoms with E-state index < -0.39 is 0 Å². The van der Waals surface area contributed by atoms with Crippen LogP contribution in [-0.4, -0.2) is 38.0 Å². The van der Waals surface area contributed by atoms with Crippen molar-refractivity contribution in [2.75, 3.05) is 28.2 Å². The molecule has 95 valence electrons. The van der Waals surface area contributed by atoms with Gasteiger partial charge in [-0.15, -0.1) is 0 Å². The zero-order valence-electron chi connectivity index (χ0n) is 10.2. The molecule has 0 spiro atoms. The first-order chi connectivity index (χ1) is 6.58. The van der Waals surface area contributed by atoms with Gasteiger partial charge in [0.05, 0.1) is 0 Å². The molecule has 0 aliphatic heterocycles. The van der Waals surface area contributed by atoms with E-state index in [0.29, 0.717) is 0 Å². The fourth-order valence-corrected chi connectivity index (χ4v) is 1.44. The molecule has 0 amide bonds. The zero-order valence-corrected chi connectivity index (χ0v) is 13.3. The predicted molar refractivity (Wildman–Crippen MR) is 60.1 cm³/mol. The van der Waals surface area contributed by atoms with Crippen LogP contribution in [0.3, 0.4) is 0 Å². The Bertz CT molecular complexity index is 265. The maximum atomic E-state index is 3.42. The Morgan fingerprint density at radius 3 is 1.62 bits per heavy atom. The molecule has 16 heavy (non-hydrogen) atoms. The van der Waals surface area contributed by atoms with E-state index in [1.807, 2.05) is 0 Å². The molecule has 0 aliphatic rings. The van der Waals surface area contributed by atoms with Crippen molar-refractivity contribution in [1.29, 1.82) is 0 Å². The average Bonchev–Trinajstić information content (AvgIpc) is 2.01. The van der Waals surface area contributed by atoms with Gasteiger partial charge in [-0.3, -0.25) is 0 Å². The van der Waals surface area contributed by atoms with Gasteiger partial charge < -0.3 is 22.2 Å². The fraction of sp³-hybridized carbons (Fsp3) is 0.500. The number of rotatable bonds is 4. The molecule has 0 saturated heterocycles. The second-order valence-electron chi connectivity index (χ2n) is 4.18. The van der Waals surface area contributed by atoms with E-state index in [4.69, 9.17) is 0 Å². The molecule has 2 nitrogen and oxygen atoms in total. The molecule has 4 heteroatoms. The van der Waals surface area contributed by atoms with E-state index in [9.17, 15) is 0 Å². The van der Waals surface area contributed by atoms with Crippen LogP contribution in [0.5, 0.6) is 0 Å². The van der Waals surface area contributed by atoms with Crippen molar-refractivity contribution in [2.24, 2.45) is 0 Å². The number of nitrogens with zero attached hydrogens (tertiary/aromatic N) is 2. The summed E-state index contributed by atoms with van der Waals surface area (Å²) in [5, 5.41) is 0. The molecular weight excluding hydrogens is 403 g/mol. The van der Waals surface area contributed by atoms with Crippen molar-refractivity contribution in [3.8, 4) is 0 Å². The molecule has 0 aliphatic carbocycles. The number of hydrogen-bond acceptors (Lipinski definition) is 2. The Morgan fingerprint density at radius 1 is 0.938 bits per heavy atom. The third-order valence-electron chi connectivity index (χ3n) is 1.89. The van der Waals surface area contributed by atoms with E-state index in [2.05, 4.69) is 62.3 Å². The van der Waals surface area contributed by atoms with E-state index >= 15 is 0 Å². The summed E-state index contributed by atoms with van der Waals surface area (Å²) < 4.78 is 0. The molecule has 0 heterocycles. The summed E-state index contributed by atoms with van der Waals surface area (Å²) in [6.07, 6.45) is 0. The molecule has 0 bridgehead atoms. The molecule has 1 aromatic carbocycles. The summed E-state index contributed by atoms with van der Waals surface area (Å²) in [5.41, 5.74) is 2.52.